The maximum atomic E-state index is 11.9. The van der Waals surface area contributed by atoms with Crippen LogP contribution in [0.3, 0.4) is 0 Å². The molecule has 0 radical (unpaired) electrons. The summed E-state index contributed by atoms with van der Waals surface area (Å²) < 4.78 is 0. The van der Waals surface area contributed by atoms with Gasteiger partial charge in [0.05, 0.1) is 6.04 Å². The zero-order valence-electron chi connectivity index (χ0n) is 12.7. The zero-order valence-corrected chi connectivity index (χ0v) is 12.7. The first-order valence-electron chi connectivity index (χ1n) is 7.69. The van der Waals surface area contributed by atoms with Gasteiger partial charge in [-0.25, -0.2) is 9.97 Å². The highest BCUT2D eigenvalue weighted by atomic mass is 16.1. The molecule has 1 aromatic carbocycles. The van der Waals surface area contributed by atoms with Crippen LogP contribution in [0.5, 0.6) is 0 Å². The quantitative estimate of drug-likeness (QED) is 0.850. The Balaban J connectivity index is 1.72. The molecule has 5 nitrogen and oxygen atoms in total. The second-order valence-corrected chi connectivity index (χ2v) is 5.55. The average Bonchev–Trinajstić information content (AvgIpc) is 2.57. The Bertz CT molecular complexity index is 751. The lowest BCUT2D eigenvalue weighted by Crippen LogP contribution is -2.32. The third kappa shape index (κ3) is 3.86. The van der Waals surface area contributed by atoms with Gasteiger partial charge in [-0.05, 0) is 31.0 Å². The molecular formula is C18H18N4O. The molecule has 1 aliphatic rings. The van der Waals surface area contributed by atoms with Crippen LogP contribution in [-0.2, 0) is 4.79 Å². The van der Waals surface area contributed by atoms with Crippen molar-refractivity contribution in [3.8, 4) is 12.3 Å². The Hall–Kier alpha value is -2.87. The summed E-state index contributed by atoms with van der Waals surface area (Å²) in [6.07, 6.45) is 10.4. The minimum atomic E-state index is -0.142. The number of anilines is 3. The van der Waals surface area contributed by atoms with E-state index in [1.54, 1.807) is 6.07 Å². The number of nitrogens with zero attached hydrogens (tertiary/aromatic N) is 2. The molecule has 116 valence electrons. The van der Waals surface area contributed by atoms with Crippen molar-refractivity contribution >= 4 is 23.1 Å². The lowest BCUT2D eigenvalue weighted by atomic mass is 9.94. The number of ketones is 1. The van der Waals surface area contributed by atoms with Gasteiger partial charge < -0.3 is 10.6 Å². The topological polar surface area (TPSA) is 66.9 Å². The van der Waals surface area contributed by atoms with Crippen molar-refractivity contribution in [3.63, 3.8) is 0 Å². The molecule has 0 aliphatic heterocycles. The van der Waals surface area contributed by atoms with Crippen molar-refractivity contribution in [2.24, 2.45) is 0 Å². The highest BCUT2D eigenvalue weighted by Gasteiger charge is 2.22. The largest absolute Gasteiger partial charge is 0.360 e. The van der Waals surface area contributed by atoms with E-state index in [1.807, 2.05) is 24.3 Å². The molecular weight excluding hydrogens is 288 g/mol. The summed E-state index contributed by atoms with van der Waals surface area (Å²) in [5.41, 5.74) is 1.66. The normalized spacial score (nSPS) is 17.3. The number of aromatic nitrogens is 2. The Labute approximate surface area is 135 Å². The van der Waals surface area contributed by atoms with E-state index in [-0.39, 0.29) is 11.8 Å². The molecule has 1 fully saturated rings. The van der Waals surface area contributed by atoms with Gasteiger partial charge in [-0.1, -0.05) is 18.4 Å². The number of carbonyl (C=O) groups excluding carboxylic acids is 1. The van der Waals surface area contributed by atoms with E-state index in [4.69, 9.17) is 6.42 Å². The van der Waals surface area contributed by atoms with Crippen LogP contribution in [0.1, 0.15) is 31.2 Å². The molecule has 1 aliphatic carbocycles. The zero-order chi connectivity index (χ0) is 16.1. The number of Topliss-reactive ketones (excluding diaryl/α,β-unsaturated/α-hetero) is 1. The van der Waals surface area contributed by atoms with Crippen LogP contribution >= 0.6 is 0 Å². The molecule has 1 saturated carbocycles. The first-order valence-corrected chi connectivity index (χ1v) is 7.69. The first-order chi connectivity index (χ1) is 11.2. The molecule has 5 heteroatoms. The number of terminal acetylenes is 1. The number of benzene rings is 1. The molecule has 1 heterocycles. The molecule has 3 rings (SSSR count). The third-order valence-corrected chi connectivity index (χ3v) is 3.85. The van der Waals surface area contributed by atoms with Crippen molar-refractivity contribution in [3.05, 3.63) is 42.2 Å². The van der Waals surface area contributed by atoms with E-state index < -0.39 is 0 Å². The predicted octanol–water partition coefficient (Wildman–Crippen LogP) is 3.13. The Kier molecular flexibility index (Phi) is 4.53. The van der Waals surface area contributed by atoms with Gasteiger partial charge in [0.15, 0.2) is 5.78 Å². The van der Waals surface area contributed by atoms with Crippen LogP contribution in [-0.4, -0.2) is 21.8 Å². The van der Waals surface area contributed by atoms with E-state index >= 15 is 0 Å². The van der Waals surface area contributed by atoms with Crippen LogP contribution in [0.15, 0.2) is 36.7 Å². The Morgan fingerprint density at radius 1 is 1.17 bits per heavy atom. The van der Waals surface area contributed by atoms with Gasteiger partial charge in [0, 0.05) is 23.7 Å². The number of carbonyl (C=O) groups is 1. The fraction of sp³-hybridized carbons (Fsp3) is 0.278. The lowest BCUT2D eigenvalue weighted by molar-refractivity contribution is -0.121. The smallest absolute Gasteiger partial charge is 0.155 e. The summed E-state index contributed by atoms with van der Waals surface area (Å²) in [5.74, 6) is 4.16. The fourth-order valence-electron chi connectivity index (χ4n) is 2.65. The highest BCUT2D eigenvalue weighted by molar-refractivity contribution is 5.87. The van der Waals surface area contributed by atoms with Gasteiger partial charge in [-0.3, -0.25) is 4.79 Å². The second kappa shape index (κ2) is 6.93. The van der Waals surface area contributed by atoms with E-state index in [2.05, 4.69) is 26.5 Å². The fourth-order valence-corrected chi connectivity index (χ4v) is 2.65. The molecule has 0 amide bonds. The second-order valence-electron chi connectivity index (χ2n) is 5.55. The predicted molar refractivity (Wildman–Crippen MR) is 90.6 cm³/mol. The van der Waals surface area contributed by atoms with Gasteiger partial charge in [-0.2, -0.15) is 0 Å². The number of hydrogen-bond donors (Lipinski definition) is 2. The summed E-state index contributed by atoms with van der Waals surface area (Å²) in [7, 11) is 0. The van der Waals surface area contributed by atoms with Gasteiger partial charge in [0.2, 0.25) is 0 Å². The molecule has 1 unspecified atom stereocenters. The van der Waals surface area contributed by atoms with E-state index in [0.717, 1.165) is 30.5 Å². The SMILES string of the molecule is C#Cc1cccc(Nc2cc(NC3CCCCC3=O)ncn2)c1. The minimum absolute atomic E-state index is 0.142. The van der Waals surface area contributed by atoms with E-state index in [9.17, 15) is 4.79 Å². The molecule has 2 aromatic rings. The van der Waals surface area contributed by atoms with Crippen molar-refractivity contribution in [1.29, 1.82) is 0 Å². The van der Waals surface area contributed by atoms with Gasteiger partial charge in [0.25, 0.3) is 0 Å². The van der Waals surface area contributed by atoms with Crippen LogP contribution in [0, 0.1) is 12.3 Å². The standard InChI is InChI=1S/C18H18N4O/c1-2-13-6-5-7-14(10-13)21-17-11-18(20-12-19-17)22-15-8-3-4-9-16(15)23/h1,5-7,10-12,15H,3-4,8-9H2,(H2,19,20,21,22). The molecule has 2 N–H and O–H groups in total. The molecule has 23 heavy (non-hydrogen) atoms. The summed E-state index contributed by atoms with van der Waals surface area (Å²) in [5, 5.41) is 6.40. The van der Waals surface area contributed by atoms with Gasteiger partial charge in [0.1, 0.15) is 18.0 Å². The lowest BCUT2D eigenvalue weighted by Gasteiger charge is -2.22. The van der Waals surface area contributed by atoms with Crippen LogP contribution in [0.2, 0.25) is 0 Å². The maximum absolute atomic E-state index is 11.9. The number of nitrogens with one attached hydrogen (secondary N) is 2. The van der Waals surface area contributed by atoms with Crippen LogP contribution in [0.25, 0.3) is 0 Å². The van der Waals surface area contributed by atoms with Crippen LogP contribution in [0.4, 0.5) is 17.3 Å². The van der Waals surface area contributed by atoms with Crippen molar-refractivity contribution in [2.45, 2.75) is 31.7 Å². The third-order valence-electron chi connectivity index (χ3n) is 3.85. The van der Waals surface area contributed by atoms with Crippen molar-refractivity contribution in [1.82, 2.24) is 9.97 Å². The minimum Gasteiger partial charge on any atom is -0.360 e. The van der Waals surface area contributed by atoms with E-state index in [0.29, 0.717) is 18.1 Å². The summed E-state index contributed by atoms with van der Waals surface area (Å²) in [6.45, 7) is 0. The van der Waals surface area contributed by atoms with Gasteiger partial charge in [-0.15, -0.1) is 6.42 Å². The summed E-state index contributed by atoms with van der Waals surface area (Å²) in [6, 6.07) is 9.20. The molecule has 1 aromatic heterocycles. The molecule has 0 saturated heterocycles. The maximum Gasteiger partial charge on any atom is 0.155 e. The van der Waals surface area contributed by atoms with E-state index in [1.165, 1.54) is 6.33 Å². The van der Waals surface area contributed by atoms with Crippen molar-refractivity contribution in [2.75, 3.05) is 10.6 Å². The molecule has 0 bridgehead atoms. The Morgan fingerprint density at radius 3 is 2.87 bits per heavy atom. The number of rotatable bonds is 4. The highest BCUT2D eigenvalue weighted by Crippen LogP contribution is 2.21. The van der Waals surface area contributed by atoms with Crippen LogP contribution < -0.4 is 10.6 Å². The number of hydrogen-bond acceptors (Lipinski definition) is 5. The van der Waals surface area contributed by atoms with Crippen molar-refractivity contribution < 1.29 is 4.79 Å². The molecule has 0 spiro atoms. The first kappa shape index (κ1) is 15.0. The Morgan fingerprint density at radius 2 is 2.04 bits per heavy atom. The summed E-state index contributed by atoms with van der Waals surface area (Å²) in [4.78, 5) is 20.3. The monoisotopic (exact) mass is 306 g/mol. The van der Waals surface area contributed by atoms with Gasteiger partial charge >= 0.3 is 0 Å². The molecule has 1 atom stereocenters. The summed E-state index contributed by atoms with van der Waals surface area (Å²) >= 11 is 0. The average molecular weight is 306 g/mol.